The van der Waals surface area contributed by atoms with Crippen LogP contribution in [0.25, 0.3) is 12.2 Å². The number of aromatic nitrogens is 2. The van der Waals surface area contributed by atoms with Gasteiger partial charge in [-0.1, -0.05) is 18.2 Å². The lowest BCUT2D eigenvalue weighted by Gasteiger charge is -2.28. The van der Waals surface area contributed by atoms with E-state index in [9.17, 15) is 18.0 Å². The summed E-state index contributed by atoms with van der Waals surface area (Å²) in [5, 5.41) is 0. The molecule has 1 aliphatic heterocycles. The second-order valence-corrected chi connectivity index (χ2v) is 5.55. The zero-order chi connectivity index (χ0) is 17.9. The summed E-state index contributed by atoms with van der Waals surface area (Å²) in [4.78, 5) is 18.7. The van der Waals surface area contributed by atoms with E-state index in [1.165, 1.54) is 6.08 Å². The Morgan fingerprint density at radius 3 is 2.44 bits per heavy atom. The van der Waals surface area contributed by atoms with Gasteiger partial charge < -0.3 is 14.6 Å². The van der Waals surface area contributed by atoms with Crippen LogP contribution in [-0.2, 0) is 10.9 Å². The number of rotatable bonds is 3. The third kappa shape index (κ3) is 4.48. The molecule has 1 saturated heterocycles. The number of morpholine rings is 1. The van der Waals surface area contributed by atoms with Crippen LogP contribution < -0.4 is 10.6 Å². The number of hydrogen-bond donors (Lipinski definition) is 1. The summed E-state index contributed by atoms with van der Waals surface area (Å²) in [6.07, 6.45) is -1.62. The predicted molar refractivity (Wildman–Crippen MR) is 88.3 cm³/mol. The monoisotopic (exact) mass is 351 g/mol. The Morgan fingerprint density at radius 2 is 1.80 bits per heavy atom. The zero-order valence-corrected chi connectivity index (χ0v) is 13.2. The van der Waals surface area contributed by atoms with Gasteiger partial charge in [0.25, 0.3) is 0 Å². The maximum Gasteiger partial charge on any atom is 0.431 e. The molecule has 132 valence electrons. The van der Waals surface area contributed by atoms with Crippen molar-refractivity contribution >= 4 is 17.8 Å². The van der Waals surface area contributed by atoms with Gasteiger partial charge in [0.05, 0.1) is 18.9 Å². The second-order valence-electron chi connectivity index (χ2n) is 5.55. The lowest BCUT2D eigenvalue weighted by Crippen LogP contribution is -2.36. The molecule has 0 bridgehead atoms. The second kappa shape index (κ2) is 7.10. The third-order valence-corrected chi connectivity index (χ3v) is 3.79. The lowest BCUT2D eigenvalue weighted by molar-refractivity contribution is -0.141. The molecule has 0 radical (unpaired) electrons. The average Bonchev–Trinajstić information content (AvgIpc) is 2.60. The Hall–Kier alpha value is -2.61. The highest BCUT2D eigenvalue weighted by Crippen LogP contribution is 2.27. The van der Waals surface area contributed by atoms with E-state index in [-0.39, 0.29) is 5.69 Å². The minimum absolute atomic E-state index is 0.0478. The SMILES string of the molecule is O=c1nc(/C=C/c2ccc(N3CCOCC3)cc2)cc(C(F)(F)F)[nH]1. The Bertz CT molecular complexity index is 807. The van der Waals surface area contributed by atoms with E-state index in [2.05, 4.69) is 9.88 Å². The average molecular weight is 351 g/mol. The van der Waals surface area contributed by atoms with Crippen molar-refractivity contribution in [2.45, 2.75) is 6.18 Å². The fraction of sp³-hybridized carbons (Fsp3) is 0.294. The van der Waals surface area contributed by atoms with Gasteiger partial charge in [-0.3, -0.25) is 0 Å². The van der Waals surface area contributed by atoms with Gasteiger partial charge in [-0.15, -0.1) is 0 Å². The molecule has 0 atom stereocenters. The molecule has 1 N–H and O–H groups in total. The first kappa shape index (κ1) is 17.2. The number of nitrogens with zero attached hydrogens (tertiary/aromatic N) is 2. The number of hydrogen-bond acceptors (Lipinski definition) is 4. The number of aromatic amines is 1. The fourth-order valence-electron chi connectivity index (χ4n) is 2.51. The number of halogens is 3. The van der Waals surface area contributed by atoms with Crippen LogP contribution in [0.4, 0.5) is 18.9 Å². The highest BCUT2D eigenvalue weighted by molar-refractivity contribution is 5.69. The van der Waals surface area contributed by atoms with Gasteiger partial charge in [-0.2, -0.15) is 18.2 Å². The summed E-state index contributed by atoms with van der Waals surface area (Å²) in [5.41, 5.74) is -0.331. The first-order chi connectivity index (χ1) is 11.9. The molecular weight excluding hydrogens is 335 g/mol. The van der Waals surface area contributed by atoms with Crippen molar-refractivity contribution in [2.75, 3.05) is 31.2 Å². The molecule has 1 aromatic heterocycles. The Balaban J connectivity index is 1.76. The third-order valence-electron chi connectivity index (χ3n) is 3.79. The molecule has 8 heteroatoms. The Labute approximate surface area is 141 Å². The van der Waals surface area contributed by atoms with Crippen LogP contribution in [0, 0.1) is 0 Å². The Kier molecular flexibility index (Phi) is 4.89. The predicted octanol–water partition coefficient (Wildman–Crippen LogP) is 2.80. The van der Waals surface area contributed by atoms with E-state index in [0.29, 0.717) is 13.2 Å². The maximum absolute atomic E-state index is 12.7. The van der Waals surface area contributed by atoms with Crippen molar-refractivity contribution in [3.63, 3.8) is 0 Å². The molecule has 1 aliphatic rings. The summed E-state index contributed by atoms with van der Waals surface area (Å²) in [6, 6.07) is 8.41. The van der Waals surface area contributed by atoms with Crippen molar-refractivity contribution in [3.8, 4) is 0 Å². The highest BCUT2D eigenvalue weighted by atomic mass is 19.4. The van der Waals surface area contributed by atoms with E-state index in [0.717, 1.165) is 30.4 Å². The lowest BCUT2D eigenvalue weighted by atomic mass is 10.1. The van der Waals surface area contributed by atoms with Gasteiger partial charge in [0.15, 0.2) is 0 Å². The first-order valence-electron chi connectivity index (χ1n) is 7.71. The van der Waals surface area contributed by atoms with Gasteiger partial charge in [0.1, 0.15) is 5.69 Å². The first-order valence-corrected chi connectivity index (χ1v) is 7.71. The molecule has 0 spiro atoms. The van der Waals surface area contributed by atoms with Crippen molar-refractivity contribution in [1.29, 1.82) is 0 Å². The quantitative estimate of drug-likeness (QED) is 0.924. The van der Waals surface area contributed by atoms with Crippen LogP contribution in [0.15, 0.2) is 35.1 Å². The van der Waals surface area contributed by atoms with Crippen LogP contribution in [0.3, 0.4) is 0 Å². The van der Waals surface area contributed by atoms with Crippen LogP contribution in [0.2, 0.25) is 0 Å². The number of anilines is 1. The minimum Gasteiger partial charge on any atom is -0.378 e. The summed E-state index contributed by atoms with van der Waals surface area (Å²) in [7, 11) is 0. The topological polar surface area (TPSA) is 58.2 Å². The molecular formula is C17H16F3N3O2. The molecule has 2 aromatic rings. The van der Waals surface area contributed by atoms with Crippen LogP contribution in [0.5, 0.6) is 0 Å². The molecule has 2 heterocycles. The summed E-state index contributed by atoms with van der Waals surface area (Å²) >= 11 is 0. The fourth-order valence-corrected chi connectivity index (χ4v) is 2.51. The van der Waals surface area contributed by atoms with Gasteiger partial charge in [-0.05, 0) is 29.8 Å². The standard InChI is InChI=1S/C17H16F3N3O2/c18-17(19,20)15-11-13(21-16(24)22-15)4-1-12-2-5-14(6-3-12)23-7-9-25-10-8-23/h1-6,11H,7-10H2,(H,21,22,24)/b4-1+. The van der Waals surface area contributed by atoms with Gasteiger partial charge in [0.2, 0.25) is 0 Å². The summed E-state index contributed by atoms with van der Waals surface area (Å²) in [5.74, 6) is 0. The largest absolute Gasteiger partial charge is 0.431 e. The van der Waals surface area contributed by atoms with Crippen molar-refractivity contribution in [1.82, 2.24) is 9.97 Å². The van der Waals surface area contributed by atoms with Gasteiger partial charge >= 0.3 is 11.9 Å². The zero-order valence-electron chi connectivity index (χ0n) is 13.2. The molecule has 25 heavy (non-hydrogen) atoms. The molecule has 1 fully saturated rings. The number of ether oxygens (including phenoxy) is 1. The number of H-pyrrole nitrogens is 1. The number of benzene rings is 1. The smallest absolute Gasteiger partial charge is 0.378 e. The molecule has 0 aliphatic carbocycles. The van der Waals surface area contributed by atoms with Crippen molar-refractivity contribution in [2.24, 2.45) is 0 Å². The molecule has 0 saturated carbocycles. The van der Waals surface area contributed by atoms with Gasteiger partial charge in [-0.25, -0.2) is 4.79 Å². The van der Waals surface area contributed by atoms with Crippen molar-refractivity contribution in [3.05, 3.63) is 57.8 Å². The molecule has 3 rings (SSSR count). The van der Waals surface area contributed by atoms with Gasteiger partial charge in [0, 0.05) is 18.8 Å². The van der Waals surface area contributed by atoms with Crippen LogP contribution >= 0.6 is 0 Å². The maximum atomic E-state index is 12.7. The van der Waals surface area contributed by atoms with E-state index >= 15 is 0 Å². The number of nitrogens with one attached hydrogen (secondary N) is 1. The van der Waals surface area contributed by atoms with Crippen molar-refractivity contribution < 1.29 is 17.9 Å². The highest BCUT2D eigenvalue weighted by Gasteiger charge is 2.32. The molecule has 5 nitrogen and oxygen atoms in total. The van der Waals surface area contributed by atoms with E-state index in [1.807, 2.05) is 24.3 Å². The van der Waals surface area contributed by atoms with E-state index < -0.39 is 17.6 Å². The molecule has 0 amide bonds. The normalized spacial score (nSPS) is 15.7. The van der Waals surface area contributed by atoms with E-state index in [4.69, 9.17) is 4.74 Å². The summed E-state index contributed by atoms with van der Waals surface area (Å²) in [6.45, 7) is 3.03. The Morgan fingerprint density at radius 1 is 1.12 bits per heavy atom. The van der Waals surface area contributed by atoms with E-state index in [1.54, 1.807) is 11.1 Å². The molecule has 1 aromatic carbocycles. The minimum atomic E-state index is -4.62. The van der Waals surface area contributed by atoms with Crippen LogP contribution in [-0.4, -0.2) is 36.3 Å². The number of alkyl halides is 3. The summed E-state index contributed by atoms with van der Waals surface area (Å²) < 4.78 is 43.4. The van der Waals surface area contributed by atoms with Crippen LogP contribution in [0.1, 0.15) is 17.0 Å². The molecule has 0 unspecified atom stereocenters.